The van der Waals surface area contributed by atoms with Crippen LogP contribution in [0.2, 0.25) is 5.02 Å². The maximum atomic E-state index is 13.0. The SMILES string of the molecule is CN(C)CCOc1cccc(O)c1C(=O)Nc1ccc(Cl)c(C(F)(F)F)c1. The predicted molar refractivity (Wildman–Crippen MR) is 96.6 cm³/mol. The minimum atomic E-state index is -4.66. The van der Waals surface area contributed by atoms with E-state index < -0.39 is 22.7 Å². The molecule has 0 aliphatic heterocycles. The average Bonchev–Trinajstić information content (AvgIpc) is 2.55. The topological polar surface area (TPSA) is 61.8 Å². The number of hydrogen-bond acceptors (Lipinski definition) is 4. The fourth-order valence-corrected chi connectivity index (χ4v) is 2.44. The summed E-state index contributed by atoms with van der Waals surface area (Å²) < 4.78 is 44.4. The lowest BCUT2D eigenvalue weighted by Crippen LogP contribution is -2.21. The predicted octanol–water partition coefficient (Wildman–Crippen LogP) is 4.26. The highest BCUT2D eigenvalue weighted by molar-refractivity contribution is 6.31. The van der Waals surface area contributed by atoms with Gasteiger partial charge in [-0.25, -0.2) is 0 Å². The number of hydrogen-bond donors (Lipinski definition) is 2. The van der Waals surface area contributed by atoms with Crippen LogP contribution in [0.1, 0.15) is 15.9 Å². The summed E-state index contributed by atoms with van der Waals surface area (Å²) in [6, 6.07) is 7.29. The van der Waals surface area contributed by atoms with Crippen molar-refractivity contribution >= 4 is 23.2 Å². The molecule has 2 N–H and O–H groups in total. The lowest BCUT2D eigenvalue weighted by Gasteiger charge is -2.15. The molecule has 9 heteroatoms. The van der Waals surface area contributed by atoms with E-state index in [4.69, 9.17) is 16.3 Å². The normalized spacial score (nSPS) is 11.5. The number of halogens is 4. The van der Waals surface area contributed by atoms with E-state index in [-0.39, 0.29) is 29.4 Å². The summed E-state index contributed by atoms with van der Waals surface area (Å²) in [5, 5.41) is 11.9. The largest absolute Gasteiger partial charge is 0.507 e. The summed E-state index contributed by atoms with van der Waals surface area (Å²) in [6.07, 6.45) is -4.66. The molecule has 0 radical (unpaired) electrons. The molecule has 0 unspecified atom stereocenters. The van der Waals surface area contributed by atoms with Gasteiger partial charge in [-0.3, -0.25) is 4.79 Å². The summed E-state index contributed by atoms with van der Waals surface area (Å²) in [6.45, 7) is 0.832. The lowest BCUT2D eigenvalue weighted by molar-refractivity contribution is -0.137. The van der Waals surface area contributed by atoms with E-state index in [1.807, 2.05) is 19.0 Å². The van der Waals surface area contributed by atoms with Gasteiger partial charge < -0.3 is 20.1 Å². The lowest BCUT2D eigenvalue weighted by atomic mass is 10.1. The smallest absolute Gasteiger partial charge is 0.417 e. The second-order valence-corrected chi connectivity index (χ2v) is 6.36. The van der Waals surface area contributed by atoms with Gasteiger partial charge in [0.2, 0.25) is 0 Å². The number of carbonyl (C=O) groups excluding carboxylic acids is 1. The molecule has 2 aromatic carbocycles. The van der Waals surface area contributed by atoms with Crippen LogP contribution in [0, 0.1) is 0 Å². The van der Waals surface area contributed by atoms with Gasteiger partial charge in [-0.1, -0.05) is 17.7 Å². The van der Waals surface area contributed by atoms with Gasteiger partial charge in [-0.05, 0) is 44.4 Å². The number of phenols is 1. The van der Waals surface area contributed by atoms with Crippen LogP contribution in [0.15, 0.2) is 36.4 Å². The minimum absolute atomic E-state index is 0.112. The molecule has 0 aliphatic carbocycles. The maximum absolute atomic E-state index is 13.0. The first kappa shape index (κ1) is 20.9. The summed E-state index contributed by atoms with van der Waals surface area (Å²) in [5.74, 6) is -1.03. The molecule has 0 saturated carbocycles. The molecule has 0 aromatic heterocycles. The van der Waals surface area contributed by atoms with Crippen molar-refractivity contribution < 1.29 is 27.8 Å². The van der Waals surface area contributed by atoms with Crippen LogP contribution in [0.3, 0.4) is 0 Å². The molecule has 0 saturated heterocycles. The van der Waals surface area contributed by atoms with Crippen LogP contribution in [0.4, 0.5) is 18.9 Å². The van der Waals surface area contributed by atoms with Gasteiger partial charge in [0.25, 0.3) is 5.91 Å². The van der Waals surface area contributed by atoms with Crippen molar-refractivity contribution in [3.63, 3.8) is 0 Å². The number of nitrogens with zero attached hydrogens (tertiary/aromatic N) is 1. The van der Waals surface area contributed by atoms with Crippen LogP contribution < -0.4 is 10.1 Å². The highest BCUT2D eigenvalue weighted by Gasteiger charge is 2.33. The monoisotopic (exact) mass is 402 g/mol. The van der Waals surface area contributed by atoms with Gasteiger partial charge >= 0.3 is 6.18 Å². The molecule has 5 nitrogen and oxygen atoms in total. The van der Waals surface area contributed by atoms with Gasteiger partial charge in [-0.15, -0.1) is 0 Å². The summed E-state index contributed by atoms with van der Waals surface area (Å²) in [7, 11) is 3.69. The van der Waals surface area contributed by atoms with E-state index in [0.29, 0.717) is 6.54 Å². The van der Waals surface area contributed by atoms with Gasteiger partial charge in [0.1, 0.15) is 23.7 Å². The summed E-state index contributed by atoms with van der Waals surface area (Å²) in [4.78, 5) is 14.4. The maximum Gasteiger partial charge on any atom is 0.417 e. The quantitative estimate of drug-likeness (QED) is 0.758. The third kappa shape index (κ3) is 5.51. The molecule has 1 amide bonds. The molecular formula is C18H18ClF3N2O3. The number of ether oxygens (including phenoxy) is 1. The molecule has 0 bridgehead atoms. The van der Waals surface area contributed by atoms with E-state index in [1.165, 1.54) is 24.3 Å². The summed E-state index contributed by atoms with van der Waals surface area (Å²) >= 11 is 5.57. The Bertz CT molecular complexity index is 826. The number of phenolic OH excluding ortho intramolecular Hbond substituents is 1. The zero-order valence-corrected chi connectivity index (χ0v) is 15.4. The third-order valence-electron chi connectivity index (χ3n) is 3.56. The molecule has 0 aliphatic rings. The number of aromatic hydroxyl groups is 1. The van der Waals surface area contributed by atoms with Crippen molar-refractivity contribution in [2.24, 2.45) is 0 Å². The van der Waals surface area contributed by atoms with Crippen molar-refractivity contribution in [1.82, 2.24) is 4.90 Å². The molecule has 0 atom stereocenters. The molecule has 2 rings (SSSR count). The first-order valence-electron chi connectivity index (χ1n) is 7.87. The highest BCUT2D eigenvalue weighted by Crippen LogP contribution is 2.36. The number of nitrogens with one attached hydrogen (secondary N) is 1. The molecular weight excluding hydrogens is 385 g/mol. The molecule has 0 spiro atoms. The van der Waals surface area contributed by atoms with Crippen molar-refractivity contribution in [2.45, 2.75) is 6.18 Å². The molecule has 146 valence electrons. The van der Waals surface area contributed by atoms with Crippen LogP contribution in [-0.2, 0) is 6.18 Å². The number of likely N-dealkylation sites (N-methyl/N-ethyl adjacent to an activating group) is 1. The van der Waals surface area contributed by atoms with Crippen LogP contribution in [0.5, 0.6) is 11.5 Å². The van der Waals surface area contributed by atoms with Crippen LogP contribution >= 0.6 is 11.6 Å². The number of anilines is 1. The zero-order chi connectivity index (χ0) is 20.2. The number of amides is 1. The fourth-order valence-electron chi connectivity index (χ4n) is 2.22. The zero-order valence-electron chi connectivity index (χ0n) is 14.6. The first-order chi connectivity index (χ1) is 12.6. The Morgan fingerprint density at radius 1 is 1.26 bits per heavy atom. The third-order valence-corrected chi connectivity index (χ3v) is 3.89. The van der Waals surface area contributed by atoms with E-state index >= 15 is 0 Å². The van der Waals surface area contributed by atoms with Crippen molar-refractivity contribution in [2.75, 3.05) is 32.6 Å². The standard InChI is InChI=1S/C18H18ClF3N2O3/c1-24(2)8-9-27-15-5-3-4-14(25)16(15)17(26)23-11-6-7-13(19)12(10-11)18(20,21)22/h3-7,10,25H,8-9H2,1-2H3,(H,23,26). The number of alkyl halides is 3. The first-order valence-corrected chi connectivity index (χ1v) is 8.25. The van der Waals surface area contributed by atoms with E-state index in [0.717, 1.165) is 12.1 Å². The minimum Gasteiger partial charge on any atom is -0.507 e. The van der Waals surface area contributed by atoms with E-state index in [9.17, 15) is 23.1 Å². The Morgan fingerprint density at radius 3 is 2.59 bits per heavy atom. The molecule has 2 aromatic rings. The van der Waals surface area contributed by atoms with Gasteiger partial charge in [-0.2, -0.15) is 13.2 Å². The number of rotatable bonds is 6. The van der Waals surface area contributed by atoms with Crippen LogP contribution in [0.25, 0.3) is 0 Å². The molecule has 27 heavy (non-hydrogen) atoms. The fraction of sp³-hybridized carbons (Fsp3) is 0.278. The second-order valence-electron chi connectivity index (χ2n) is 5.95. The van der Waals surface area contributed by atoms with Crippen LogP contribution in [-0.4, -0.2) is 43.2 Å². The second kappa shape index (κ2) is 8.49. The highest BCUT2D eigenvalue weighted by atomic mass is 35.5. The Labute approximate surface area is 159 Å². The number of benzene rings is 2. The van der Waals surface area contributed by atoms with Gasteiger partial charge in [0.05, 0.1) is 10.6 Å². The van der Waals surface area contributed by atoms with Crippen molar-refractivity contribution in [3.8, 4) is 11.5 Å². The van der Waals surface area contributed by atoms with Crippen molar-refractivity contribution in [3.05, 3.63) is 52.5 Å². The molecule has 0 heterocycles. The summed E-state index contributed by atoms with van der Waals surface area (Å²) in [5.41, 5.74) is -1.35. The Morgan fingerprint density at radius 2 is 1.96 bits per heavy atom. The number of carbonyl (C=O) groups is 1. The van der Waals surface area contributed by atoms with Crippen molar-refractivity contribution in [1.29, 1.82) is 0 Å². The van der Waals surface area contributed by atoms with Gasteiger partial charge in [0, 0.05) is 12.2 Å². The Kier molecular flexibility index (Phi) is 6.56. The molecule has 0 fully saturated rings. The van der Waals surface area contributed by atoms with E-state index in [1.54, 1.807) is 0 Å². The van der Waals surface area contributed by atoms with Gasteiger partial charge in [0.15, 0.2) is 0 Å². The van der Waals surface area contributed by atoms with E-state index in [2.05, 4.69) is 5.32 Å². The Hall–Kier alpha value is -2.45. The Balaban J connectivity index is 2.26. The average molecular weight is 403 g/mol.